The number of rotatable bonds is 0. The maximum atomic E-state index is 4.93. The van der Waals surface area contributed by atoms with Crippen LogP contribution in [0.4, 0.5) is 0 Å². The summed E-state index contributed by atoms with van der Waals surface area (Å²) in [7, 11) is 9.87. The Labute approximate surface area is 152 Å². The van der Waals surface area contributed by atoms with Gasteiger partial charge in [-0.25, -0.2) is 0 Å². The minimum atomic E-state index is -0.826. The third kappa shape index (κ3) is 7.26. The number of halogens is 2. The first-order valence-electron chi connectivity index (χ1n) is 8.63. The molecule has 0 N–H and O–H groups in total. The van der Waals surface area contributed by atoms with Gasteiger partial charge in [0.25, 0.3) is 0 Å². The van der Waals surface area contributed by atoms with Crippen molar-refractivity contribution >= 4 is 17.0 Å². The first kappa shape index (κ1) is 22.5. The van der Waals surface area contributed by atoms with E-state index in [2.05, 4.69) is 55.4 Å². The molecule has 0 nitrogen and oxygen atoms in total. The molecule has 2 aliphatic rings. The summed E-state index contributed by atoms with van der Waals surface area (Å²) in [5.41, 5.74) is 0. The van der Waals surface area contributed by atoms with Crippen LogP contribution in [0.5, 0.6) is 0 Å². The van der Waals surface area contributed by atoms with Crippen LogP contribution in [0.15, 0.2) is 0 Å². The average molecular weight is 415 g/mol. The quantitative estimate of drug-likeness (QED) is 0.392. The monoisotopic (exact) mass is 412 g/mol. The predicted molar refractivity (Wildman–Crippen MR) is 94.3 cm³/mol. The van der Waals surface area contributed by atoms with Gasteiger partial charge < -0.3 is 0 Å². The van der Waals surface area contributed by atoms with Crippen molar-refractivity contribution in [2.24, 2.45) is 47.3 Å². The molecule has 8 unspecified atom stereocenters. The van der Waals surface area contributed by atoms with Crippen LogP contribution in [0.1, 0.15) is 68.2 Å². The van der Waals surface area contributed by atoms with Gasteiger partial charge in [0.1, 0.15) is 0 Å². The van der Waals surface area contributed by atoms with Crippen LogP contribution in [0.3, 0.4) is 0 Å². The third-order valence-corrected chi connectivity index (χ3v) is 6.74. The van der Waals surface area contributed by atoms with Crippen molar-refractivity contribution < 1.29 is 20.8 Å². The Morgan fingerprint density at radius 1 is 0.524 bits per heavy atom. The molecule has 0 aromatic heterocycles. The molecule has 2 saturated carbocycles. The van der Waals surface area contributed by atoms with Crippen molar-refractivity contribution in [3.05, 3.63) is 0 Å². The van der Waals surface area contributed by atoms with E-state index in [4.69, 9.17) is 17.0 Å². The Kier molecular flexibility index (Phi) is 11.9. The molecule has 0 heterocycles. The van der Waals surface area contributed by atoms with Gasteiger partial charge in [0.2, 0.25) is 0 Å². The first-order valence-corrected chi connectivity index (χ1v) is 15.0. The molecule has 0 aromatic rings. The van der Waals surface area contributed by atoms with E-state index >= 15 is 0 Å². The third-order valence-electron chi connectivity index (χ3n) is 6.74. The van der Waals surface area contributed by atoms with E-state index in [1.165, 1.54) is 12.8 Å². The van der Waals surface area contributed by atoms with E-state index < -0.39 is 20.8 Å². The standard InChI is InChI=1S/2C9H18.2ClH.Zr/c2*1-6-5-7(2)9(4)8(6)3;;;/h2*6-9H,5H2,1-4H3;2*1H;/q;;;;+2/p-2. The zero-order chi connectivity index (χ0) is 16.7. The summed E-state index contributed by atoms with van der Waals surface area (Å²) in [5, 5.41) is 0. The SMILES string of the molecule is CC1CC(C)C(C)C1C.CC1CC(C)C(C)C1C.[Cl][Zr][Cl]. The van der Waals surface area contributed by atoms with Crippen LogP contribution < -0.4 is 0 Å². The second-order valence-corrected chi connectivity index (χ2v) is 11.6. The summed E-state index contributed by atoms with van der Waals surface area (Å²) in [6.07, 6.45) is 2.89. The second kappa shape index (κ2) is 11.1. The molecule has 126 valence electrons. The van der Waals surface area contributed by atoms with E-state index in [9.17, 15) is 0 Å². The maximum absolute atomic E-state index is 4.93. The van der Waals surface area contributed by atoms with Crippen molar-refractivity contribution in [3.8, 4) is 0 Å². The summed E-state index contributed by atoms with van der Waals surface area (Å²) in [4.78, 5) is 0. The molecule has 2 fully saturated rings. The molecular weight excluding hydrogens is 378 g/mol. The van der Waals surface area contributed by atoms with Gasteiger partial charge in [-0.05, 0) is 60.2 Å². The van der Waals surface area contributed by atoms with E-state index in [-0.39, 0.29) is 0 Å². The topological polar surface area (TPSA) is 0 Å². The molecule has 0 radical (unpaired) electrons. The molecule has 8 atom stereocenters. The summed E-state index contributed by atoms with van der Waals surface area (Å²) in [6, 6.07) is 0. The van der Waals surface area contributed by atoms with Gasteiger partial charge in [-0.2, -0.15) is 0 Å². The van der Waals surface area contributed by atoms with Crippen molar-refractivity contribution in [1.29, 1.82) is 0 Å². The van der Waals surface area contributed by atoms with Crippen LogP contribution in [0.25, 0.3) is 0 Å². The number of hydrogen-bond donors (Lipinski definition) is 0. The summed E-state index contributed by atoms with van der Waals surface area (Å²) in [5.74, 6) is 7.70. The van der Waals surface area contributed by atoms with Crippen molar-refractivity contribution in [2.45, 2.75) is 68.2 Å². The van der Waals surface area contributed by atoms with Gasteiger partial charge in [-0.1, -0.05) is 55.4 Å². The molecule has 0 saturated heterocycles. The fourth-order valence-corrected chi connectivity index (χ4v) is 4.10. The molecule has 2 aliphatic carbocycles. The van der Waals surface area contributed by atoms with Gasteiger partial charge in [-0.3, -0.25) is 0 Å². The Hall–Kier alpha value is 1.46. The van der Waals surface area contributed by atoms with Crippen LogP contribution in [-0.4, -0.2) is 0 Å². The number of hydrogen-bond acceptors (Lipinski definition) is 0. The van der Waals surface area contributed by atoms with Crippen LogP contribution >= 0.6 is 17.0 Å². The van der Waals surface area contributed by atoms with Crippen molar-refractivity contribution in [1.82, 2.24) is 0 Å². The Morgan fingerprint density at radius 2 is 0.667 bits per heavy atom. The molecule has 0 aliphatic heterocycles. The molecule has 3 heteroatoms. The molecule has 0 amide bonds. The zero-order valence-electron chi connectivity index (χ0n) is 15.3. The van der Waals surface area contributed by atoms with Gasteiger partial charge in [0, 0.05) is 0 Å². The van der Waals surface area contributed by atoms with Crippen molar-refractivity contribution in [3.63, 3.8) is 0 Å². The molecule has 0 spiro atoms. The summed E-state index contributed by atoms with van der Waals surface area (Å²) >= 11 is -0.826. The average Bonchev–Trinajstić information content (AvgIpc) is 2.77. The van der Waals surface area contributed by atoms with Gasteiger partial charge in [-0.15, -0.1) is 0 Å². The fraction of sp³-hybridized carbons (Fsp3) is 1.00. The zero-order valence-corrected chi connectivity index (χ0v) is 19.3. The molecular formula is C18H36Cl2Zr. The predicted octanol–water partition coefficient (Wildman–Crippen LogP) is 7.25. The summed E-state index contributed by atoms with van der Waals surface area (Å²) in [6.45, 7) is 19.1. The second-order valence-electron chi connectivity index (χ2n) is 7.89. The van der Waals surface area contributed by atoms with Crippen molar-refractivity contribution in [2.75, 3.05) is 0 Å². The van der Waals surface area contributed by atoms with Crippen LogP contribution in [0.2, 0.25) is 0 Å². The molecule has 2 rings (SSSR count). The van der Waals surface area contributed by atoms with E-state index in [1.54, 1.807) is 0 Å². The van der Waals surface area contributed by atoms with Gasteiger partial charge in [0.15, 0.2) is 0 Å². The first-order chi connectivity index (χ1) is 9.67. The molecule has 0 aromatic carbocycles. The van der Waals surface area contributed by atoms with E-state index in [0.717, 1.165) is 47.3 Å². The van der Waals surface area contributed by atoms with Crippen LogP contribution in [-0.2, 0) is 20.8 Å². The van der Waals surface area contributed by atoms with Gasteiger partial charge in [0.05, 0.1) is 0 Å². The van der Waals surface area contributed by atoms with E-state index in [1.807, 2.05) is 0 Å². The molecule has 0 bridgehead atoms. The Morgan fingerprint density at radius 3 is 0.714 bits per heavy atom. The van der Waals surface area contributed by atoms with Crippen LogP contribution in [0, 0.1) is 47.3 Å². The van der Waals surface area contributed by atoms with Gasteiger partial charge >= 0.3 is 37.9 Å². The minimum absolute atomic E-state index is 0.826. The normalized spacial score (nSPS) is 45.2. The molecule has 21 heavy (non-hydrogen) atoms. The summed E-state index contributed by atoms with van der Waals surface area (Å²) < 4.78 is 0. The fourth-order valence-electron chi connectivity index (χ4n) is 4.10. The Bertz CT molecular complexity index is 222. The Balaban J connectivity index is 0.000000322. The van der Waals surface area contributed by atoms with E-state index in [0.29, 0.717) is 0 Å².